The van der Waals surface area contributed by atoms with Crippen molar-refractivity contribution >= 4 is 22.6 Å². The van der Waals surface area contributed by atoms with E-state index in [0.717, 1.165) is 6.20 Å². The molecule has 0 saturated heterocycles. The highest BCUT2D eigenvalue weighted by molar-refractivity contribution is 5.99. The lowest BCUT2D eigenvalue weighted by molar-refractivity contribution is -0.384. The number of hydrogen-bond donors (Lipinski definition) is 3. The monoisotopic (exact) mass is 299 g/mol. The number of aromatic amines is 1. The molecule has 3 N–H and O–H groups in total. The number of carbonyl (C=O) groups is 1. The molecule has 3 aromatic rings. The van der Waals surface area contributed by atoms with Gasteiger partial charge in [-0.2, -0.15) is 0 Å². The van der Waals surface area contributed by atoms with Gasteiger partial charge in [-0.1, -0.05) is 0 Å². The molecule has 0 aliphatic heterocycles. The van der Waals surface area contributed by atoms with E-state index in [9.17, 15) is 20.0 Å². The first kappa shape index (κ1) is 13.6. The van der Waals surface area contributed by atoms with Crippen LogP contribution in [0.5, 0.6) is 5.88 Å². The Labute approximate surface area is 122 Å². The molecule has 110 valence electrons. The molecule has 0 spiro atoms. The summed E-state index contributed by atoms with van der Waals surface area (Å²) in [7, 11) is 0. The van der Waals surface area contributed by atoms with Crippen molar-refractivity contribution in [2.75, 3.05) is 0 Å². The Kier molecular flexibility index (Phi) is 2.99. The van der Waals surface area contributed by atoms with Gasteiger partial charge in [0.2, 0.25) is 0 Å². The summed E-state index contributed by atoms with van der Waals surface area (Å²) in [6, 6.07) is 6.92. The van der Waals surface area contributed by atoms with Crippen molar-refractivity contribution in [1.82, 2.24) is 9.97 Å². The average molecular weight is 299 g/mol. The lowest BCUT2D eigenvalue weighted by Gasteiger charge is -2.01. The third-order valence-corrected chi connectivity index (χ3v) is 3.24. The zero-order chi connectivity index (χ0) is 15.9. The number of H-pyrrole nitrogens is 1. The van der Waals surface area contributed by atoms with Gasteiger partial charge in [-0.15, -0.1) is 0 Å². The van der Waals surface area contributed by atoms with Crippen LogP contribution in [0.2, 0.25) is 0 Å². The fraction of sp³-hybridized carbons (Fsp3) is 0. The Hall–Kier alpha value is -3.42. The molecule has 2 heterocycles. The molecule has 0 unspecified atom stereocenters. The number of hydrogen-bond acceptors (Lipinski definition) is 5. The van der Waals surface area contributed by atoms with Crippen LogP contribution in [0.1, 0.15) is 10.4 Å². The fourth-order valence-electron chi connectivity index (χ4n) is 2.21. The highest BCUT2D eigenvalue weighted by Gasteiger charge is 2.17. The highest BCUT2D eigenvalue weighted by Crippen LogP contribution is 2.37. The predicted molar refractivity (Wildman–Crippen MR) is 76.8 cm³/mol. The number of nitrogens with one attached hydrogen (secondary N) is 1. The zero-order valence-electron chi connectivity index (χ0n) is 11.0. The summed E-state index contributed by atoms with van der Waals surface area (Å²) in [4.78, 5) is 27.9. The van der Waals surface area contributed by atoms with Gasteiger partial charge in [-0.25, -0.2) is 4.79 Å². The number of non-ortho nitro benzene ring substituents is 1. The van der Waals surface area contributed by atoms with Gasteiger partial charge in [0.15, 0.2) is 5.88 Å². The molecule has 0 aliphatic carbocycles. The van der Waals surface area contributed by atoms with Crippen LogP contribution in [-0.2, 0) is 0 Å². The molecule has 1 aromatic carbocycles. The van der Waals surface area contributed by atoms with Crippen LogP contribution in [0, 0.1) is 10.1 Å². The molecular weight excluding hydrogens is 290 g/mol. The van der Waals surface area contributed by atoms with E-state index in [4.69, 9.17) is 5.11 Å². The van der Waals surface area contributed by atoms with E-state index in [1.165, 1.54) is 30.3 Å². The summed E-state index contributed by atoms with van der Waals surface area (Å²) in [6.07, 6.45) is 1.16. The van der Waals surface area contributed by atoms with Gasteiger partial charge >= 0.3 is 5.97 Å². The van der Waals surface area contributed by atoms with Crippen LogP contribution < -0.4 is 0 Å². The minimum atomic E-state index is -1.11. The molecule has 0 radical (unpaired) electrons. The number of pyridine rings is 1. The number of carboxylic acids is 1. The van der Waals surface area contributed by atoms with Crippen molar-refractivity contribution in [2.45, 2.75) is 0 Å². The fourth-order valence-corrected chi connectivity index (χ4v) is 2.21. The van der Waals surface area contributed by atoms with Crippen LogP contribution >= 0.6 is 0 Å². The first-order chi connectivity index (χ1) is 10.5. The van der Waals surface area contributed by atoms with Gasteiger partial charge in [0.25, 0.3) is 5.69 Å². The second-order valence-corrected chi connectivity index (χ2v) is 4.57. The van der Waals surface area contributed by atoms with E-state index >= 15 is 0 Å². The Morgan fingerprint density at radius 3 is 2.64 bits per heavy atom. The number of benzene rings is 1. The molecule has 8 heteroatoms. The van der Waals surface area contributed by atoms with Gasteiger partial charge in [-0.05, 0) is 18.2 Å². The summed E-state index contributed by atoms with van der Waals surface area (Å²) in [5.41, 5.74) is 1.01. The quantitative estimate of drug-likeness (QED) is 0.503. The predicted octanol–water partition coefficient (Wildman–Crippen LogP) is 2.54. The molecule has 3 rings (SSSR count). The third-order valence-electron chi connectivity index (χ3n) is 3.24. The van der Waals surface area contributed by atoms with Crippen LogP contribution in [0.4, 0.5) is 5.69 Å². The van der Waals surface area contributed by atoms with Crippen molar-refractivity contribution in [3.8, 4) is 17.1 Å². The van der Waals surface area contributed by atoms with E-state index in [-0.39, 0.29) is 22.7 Å². The number of carboxylic acid groups (broad SMARTS) is 1. The second-order valence-electron chi connectivity index (χ2n) is 4.57. The third kappa shape index (κ3) is 2.12. The maximum absolute atomic E-state index is 10.9. The average Bonchev–Trinajstić information content (AvgIpc) is 2.82. The lowest BCUT2D eigenvalue weighted by Crippen LogP contribution is -1.97. The molecule has 0 aliphatic rings. The topological polar surface area (TPSA) is 129 Å². The number of aromatic nitrogens is 2. The maximum atomic E-state index is 10.9. The summed E-state index contributed by atoms with van der Waals surface area (Å²) in [6.45, 7) is 0. The van der Waals surface area contributed by atoms with E-state index in [0.29, 0.717) is 16.6 Å². The summed E-state index contributed by atoms with van der Waals surface area (Å²) < 4.78 is 0. The molecule has 2 aromatic heterocycles. The number of nitro groups is 1. The summed E-state index contributed by atoms with van der Waals surface area (Å²) >= 11 is 0. The number of nitro benzene ring substituents is 1. The lowest BCUT2D eigenvalue weighted by atomic mass is 10.1. The van der Waals surface area contributed by atoms with E-state index < -0.39 is 10.9 Å². The standard InChI is InChI=1S/C14H9N3O5/c18-13-12(11-3-1-7(6-15-11)14(19)20)9-5-8(17(21)22)2-4-10(9)16-13/h1-6,16,18H,(H,19,20). The van der Waals surface area contributed by atoms with E-state index in [1.807, 2.05) is 0 Å². The van der Waals surface area contributed by atoms with Gasteiger partial charge in [0.05, 0.1) is 21.7 Å². The molecule has 0 bridgehead atoms. The highest BCUT2D eigenvalue weighted by atomic mass is 16.6. The number of aromatic hydroxyl groups is 1. The van der Waals surface area contributed by atoms with Crippen LogP contribution in [-0.4, -0.2) is 31.1 Å². The molecule has 0 saturated carbocycles. The zero-order valence-corrected chi connectivity index (χ0v) is 11.0. The number of fused-ring (bicyclic) bond motifs is 1. The van der Waals surface area contributed by atoms with Crippen LogP contribution in [0.25, 0.3) is 22.2 Å². The Morgan fingerprint density at radius 2 is 2.05 bits per heavy atom. The van der Waals surface area contributed by atoms with Gasteiger partial charge in [0, 0.05) is 29.2 Å². The van der Waals surface area contributed by atoms with Crippen molar-refractivity contribution in [3.63, 3.8) is 0 Å². The summed E-state index contributed by atoms with van der Waals surface area (Å²) in [5.74, 6) is -1.30. The van der Waals surface area contributed by atoms with Gasteiger partial charge in [0.1, 0.15) is 0 Å². The Balaban J connectivity index is 2.20. The minimum absolute atomic E-state index is 0.00839. The SMILES string of the molecule is O=C(O)c1ccc(-c2c(O)[nH]c3ccc([N+](=O)[O-])cc23)nc1. The second kappa shape index (κ2) is 4.85. The van der Waals surface area contributed by atoms with Gasteiger partial charge in [-0.3, -0.25) is 15.1 Å². The van der Waals surface area contributed by atoms with Crippen molar-refractivity contribution in [3.05, 3.63) is 52.2 Å². The van der Waals surface area contributed by atoms with E-state index in [1.54, 1.807) is 0 Å². The first-order valence-corrected chi connectivity index (χ1v) is 6.16. The number of aromatic carboxylic acids is 1. The summed E-state index contributed by atoms with van der Waals surface area (Å²) in [5, 5.41) is 30.2. The van der Waals surface area contributed by atoms with E-state index in [2.05, 4.69) is 9.97 Å². The Morgan fingerprint density at radius 1 is 1.27 bits per heavy atom. The van der Waals surface area contributed by atoms with Crippen LogP contribution in [0.3, 0.4) is 0 Å². The molecule has 0 fully saturated rings. The van der Waals surface area contributed by atoms with Crippen molar-refractivity contribution in [1.29, 1.82) is 0 Å². The Bertz CT molecular complexity index is 899. The number of rotatable bonds is 3. The largest absolute Gasteiger partial charge is 0.494 e. The molecule has 22 heavy (non-hydrogen) atoms. The van der Waals surface area contributed by atoms with Crippen molar-refractivity contribution < 1.29 is 19.9 Å². The maximum Gasteiger partial charge on any atom is 0.337 e. The molecule has 0 amide bonds. The normalized spacial score (nSPS) is 10.7. The number of nitrogens with zero attached hydrogens (tertiary/aromatic N) is 2. The van der Waals surface area contributed by atoms with Crippen LogP contribution in [0.15, 0.2) is 36.5 Å². The van der Waals surface area contributed by atoms with Gasteiger partial charge < -0.3 is 15.2 Å². The molecule has 0 atom stereocenters. The molecular formula is C14H9N3O5. The smallest absolute Gasteiger partial charge is 0.337 e. The molecule has 8 nitrogen and oxygen atoms in total. The van der Waals surface area contributed by atoms with Crippen molar-refractivity contribution in [2.24, 2.45) is 0 Å². The first-order valence-electron chi connectivity index (χ1n) is 6.16. The minimum Gasteiger partial charge on any atom is -0.494 e.